The highest BCUT2D eigenvalue weighted by Crippen LogP contribution is 2.13. The van der Waals surface area contributed by atoms with Gasteiger partial charge >= 0.3 is 0 Å². The highest BCUT2D eigenvalue weighted by Gasteiger charge is 2.20. The maximum Gasteiger partial charge on any atom is 0.194 e. The van der Waals surface area contributed by atoms with Crippen molar-refractivity contribution in [2.45, 2.75) is 13.1 Å². The van der Waals surface area contributed by atoms with E-state index >= 15 is 0 Å². The zero-order valence-corrected chi connectivity index (χ0v) is 16.8. The van der Waals surface area contributed by atoms with Crippen LogP contribution < -0.4 is 10.2 Å². The molecule has 1 fully saturated rings. The van der Waals surface area contributed by atoms with E-state index in [0.29, 0.717) is 0 Å². The number of aromatic nitrogens is 3. The molecule has 3 heterocycles. The Labute approximate surface area is 171 Å². The molecule has 3 aromatic rings. The Morgan fingerprint density at radius 2 is 1.90 bits per heavy atom. The van der Waals surface area contributed by atoms with Crippen LogP contribution in [0.15, 0.2) is 72.4 Å². The molecule has 1 N–H and O–H groups in total. The van der Waals surface area contributed by atoms with Crippen molar-refractivity contribution in [3.8, 4) is 0 Å². The van der Waals surface area contributed by atoms with Crippen LogP contribution in [0, 0.1) is 0 Å². The zero-order valence-electron chi connectivity index (χ0n) is 16.8. The lowest BCUT2D eigenvalue weighted by Gasteiger charge is -2.37. The molecular formula is C22H27N7. The molecule has 1 aromatic carbocycles. The lowest BCUT2D eigenvalue weighted by molar-refractivity contribution is 0.371. The van der Waals surface area contributed by atoms with Crippen molar-refractivity contribution in [1.29, 1.82) is 0 Å². The highest BCUT2D eigenvalue weighted by molar-refractivity contribution is 5.80. The van der Waals surface area contributed by atoms with Crippen LogP contribution in [0.5, 0.6) is 0 Å². The van der Waals surface area contributed by atoms with E-state index in [1.807, 2.05) is 44.1 Å². The summed E-state index contributed by atoms with van der Waals surface area (Å²) in [7, 11) is 1.85. The van der Waals surface area contributed by atoms with Crippen LogP contribution in [0.3, 0.4) is 0 Å². The fourth-order valence-electron chi connectivity index (χ4n) is 3.63. The molecule has 0 spiro atoms. The fourth-order valence-corrected chi connectivity index (χ4v) is 3.63. The predicted molar refractivity (Wildman–Crippen MR) is 116 cm³/mol. The summed E-state index contributed by atoms with van der Waals surface area (Å²) in [5.41, 5.74) is 2.51. The molecule has 1 aliphatic rings. The van der Waals surface area contributed by atoms with E-state index in [0.717, 1.165) is 51.0 Å². The lowest BCUT2D eigenvalue weighted by Crippen LogP contribution is -2.52. The van der Waals surface area contributed by atoms with Gasteiger partial charge in [0.15, 0.2) is 5.96 Å². The average molecular weight is 390 g/mol. The van der Waals surface area contributed by atoms with Crippen LogP contribution in [-0.4, -0.2) is 58.6 Å². The molecule has 0 unspecified atom stereocenters. The number of piperazine rings is 1. The van der Waals surface area contributed by atoms with Gasteiger partial charge in [-0.05, 0) is 23.3 Å². The van der Waals surface area contributed by atoms with Crippen LogP contribution in [0.25, 0.3) is 0 Å². The summed E-state index contributed by atoms with van der Waals surface area (Å²) in [6.07, 6.45) is 7.49. The summed E-state index contributed by atoms with van der Waals surface area (Å²) >= 11 is 0. The number of rotatable bonds is 5. The van der Waals surface area contributed by atoms with E-state index in [-0.39, 0.29) is 0 Å². The standard InChI is InChI=1S/C22H27N7/c1-23-22(29-13-11-28(12-14-29)21-7-2-3-8-25-21)26-16-19-5-4-6-20(15-19)17-27-10-9-24-18-27/h2-10,15,18H,11-14,16-17H2,1H3,(H,23,26). The lowest BCUT2D eigenvalue weighted by atomic mass is 10.1. The number of benzene rings is 1. The van der Waals surface area contributed by atoms with Crippen molar-refractivity contribution in [2.75, 3.05) is 38.1 Å². The minimum Gasteiger partial charge on any atom is -0.353 e. The average Bonchev–Trinajstić information content (AvgIpc) is 3.29. The van der Waals surface area contributed by atoms with Crippen LogP contribution in [0.4, 0.5) is 5.82 Å². The number of hydrogen-bond acceptors (Lipinski definition) is 4. The van der Waals surface area contributed by atoms with Gasteiger partial charge in [-0.25, -0.2) is 9.97 Å². The Kier molecular flexibility index (Phi) is 6.04. The minimum absolute atomic E-state index is 0.755. The van der Waals surface area contributed by atoms with E-state index in [9.17, 15) is 0 Å². The molecule has 0 atom stereocenters. The third-order valence-corrected chi connectivity index (χ3v) is 5.13. The largest absolute Gasteiger partial charge is 0.353 e. The molecule has 0 amide bonds. The van der Waals surface area contributed by atoms with Crippen molar-refractivity contribution in [3.05, 3.63) is 78.5 Å². The molecule has 0 bridgehead atoms. The molecule has 150 valence electrons. The number of imidazole rings is 1. The van der Waals surface area contributed by atoms with Crippen molar-refractivity contribution in [1.82, 2.24) is 24.8 Å². The first kappa shape index (κ1) is 19.0. The number of hydrogen-bond donors (Lipinski definition) is 1. The van der Waals surface area contributed by atoms with Crippen molar-refractivity contribution >= 4 is 11.8 Å². The maximum atomic E-state index is 4.49. The zero-order chi connectivity index (χ0) is 19.9. The van der Waals surface area contributed by atoms with Gasteiger partial charge in [0.2, 0.25) is 0 Å². The molecule has 1 aliphatic heterocycles. The van der Waals surface area contributed by atoms with Gasteiger partial charge in [-0.1, -0.05) is 30.3 Å². The van der Waals surface area contributed by atoms with Crippen LogP contribution >= 0.6 is 0 Å². The number of pyridine rings is 1. The normalized spacial score (nSPS) is 14.9. The van der Waals surface area contributed by atoms with Crippen LogP contribution in [-0.2, 0) is 13.1 Å². The molecule has 2 aromatic heterocycles. The third-order valence-electron chi connectivity index (χ3n) is 5.13. The second-order valence-corrected chi connectivity index (χ2v) is 7.12. The van der Waals surface area contributed by atoms with Crippen molar-refractivity contribution in [3.63, 3.8) is 0 Å². The van der Waals surface area contributed by atoms with Gasteiger partial charge in [0.25, 0.3) is 0 Å². The molecule has 1 saturated heterocycles. The highest BCUT2D eigenvalue weighted by atomic mass is 15.4. The van der Waals surface area contributed by atoms with Gasteiger partial charge < -0.3 is 19.7 Å². The Bertz CT molecular complexity index is 913. The smallest absolute Gasteiger partial charge is 0.194 e. The monoisotopic (exact) mass is 389 g/mol. The summed E-state index contributed by atoms with van der Waals surface area (Å²) in [4.78, 5) is 17.7. The van der Waals surface area contributed by atoms with Crippen LogP contribution in [0.2, 0.25) is 0 Å². The Morgan fingerprint density at radius 1 is 1.03 bits per heavy atom. The molecule has 7 heteroatoms. The first-order valence-electron chi connectivity index (χ1n) is 9.97. The Morgan fingerprint density at radius 3 is 2.62 bits per heavy atom. The molecular weight excluding hydrogens is 362 g/mol. The van der Waals surface area contributed by atoms with E-state index in [2.05, 4.69) is 65.0 Å². The second-order valence-electron chi connectivity index (χ2n) is 7.12. The van der Waals surface area contributed by atoms with E-state index < -0.39 is 0 Å². The van der Waals surface area contributed by atoms with Gasteiger partial charge in [0.1, 0.15) is 5.82 Å². The van der Waals surface area contributed by atoms with Gasteiger partial charge in [-0.15, -0.1) is 0 Å². The predicted octanol–water partition coefficient (Wildman–Crippen LogP) is 2.22. The molecule has 29 heavy (non-hydrogen) atoms. The van der Waals surface area contributed by atoms with Gasteiger partial charge in [0, 0.05) is 64.9 Å². The minimum atomic E-state index is 0.755. The summed E-state index contributed by atoms with van der Waals surface area (Å²) < 4.78 is 2.08. The molecule has 7 nitrogen and oxygen atoms in total. The second kappa shape index (κ2) is 9.23. The first-order valence-corrected chi connectivity index (χ1v) is 9.97. The maximum absolute atomic E-state index is 4.49. The quantitative estimate of drug-likeness (QED) is 0.536. The number of guanidine groups is 1. The number of anilines is 1. The van der Waals surface area contributed by atoms with E-state index in [4.69, 9.17) is 0 Å². The van der Waals surface area contributed by atoms with Crippen molar-refractivity contribution < 1.29 is 0 Å². The first-order chi connectivity index (χ1) is 14.3. The van der Waals surface area contributed by atoms with Crippen molar-refractivity contribution in [2.24, 2.45) is 4.99 Å². The fraction of sp³-hybridized carbons (Fsp3) is 0.318. The summed E-state index contributed by atoms with van der Waals surface area (Å²) in [5.74, 6) is 2.00. The Balaban J connectivity index is 1.31. The third kappa shape index (κ3) is 4.93. The van der Waals surface area contributed by atoms with E-state index in [1.54, 1.807) is 0 Å². The topological polar surface area (TPSA) is 61.6 Å². The SMILES string of the molecule is CN=C(NCc1cccc(Cn2ccnc2)c1)N1CCN(c2ccccn2)CC1. The summed E-state index contributed by atoms with van der Waals surface area (Å²) in [6, 6.07) is 14.7. The van der Waals surface area contributed by atoms with Gasteiger partial charge in [-0.2, -0.15) is 0 Å². The van der Waals surface area contributed by atoms with E-state index in [1.165, 1.54) is 11.1 Å². The number of nitrogens with zero attached hydrogens (tertiary/aromatic N) is 6. The number of aliphatic imine (C=N–C) groups is 1. The number of nitrogens with one attached hydrogen (secondary N) is 1. The molecule has 0 saturated carbocycles. The van der Waals surface area contributed by atoms with Gasteiger partial charge in [-0.3, -0.25) is 4.99 Å². The van der Waals surface area contributed by atoms with Gasteiger partial charge in [0.05, 0.1) is 6.33 Å². The molecule has 0 radical (unpaired) electrons. The Hall–Kier alpha value is -3.35. The molecule has 4 rings (SSSR count). The molecule has 0 aliphatic carbocycles. The summed E-state index contributed by atoms with van der Waals surface area (Å²) in [5, 5.41) is 3.52. The van der Waals surface area contributed by atoms with Crippen LogP contribution in [0.1, 0.15) is 11.1 Å². The summed E-state index contributed by atoms with van der Waals surface area (Å²) in [6.45, 7) is 5.33.